The smallest absolute Gasteiger partial charge is 0.362 e. The largest absolute Gasteiger partial charge is 0.438 e. The molecule has 1 aliphatic heterocycles. The molecule has 6 nitrogen and oxygen atoms in total. The molecule has 1 unspecified atom stereocenters. The van der Waals surface area contributed by atoms with Gasteiger partial charge in [-0.1, -0.05) is 43.7 Å². The van der Waals surface area contributed by atoms with E-state index in [0.717, 1.165) is 12.0 Å². The number of hydrogen-bond donors (Lipinski definition) is 2. The van der Waals surface area contributed by atoms with Gasteiger partial charge in [0.25, 0.3) is 5.72 Å². The third kappa shape index (κ3) is 4.85. The number of hydrogen-bond acceptors (Lipinski definition) is 4. The van der Waals surface area contributed by atoms with E-state index in [9.17, 15) is 27.9 Å². The maximum absolute atomic E-state index is 13.3. The van der Waals surface area contributed by atoms with Crippen molar-refractivity contribution in [1.82, 2.24) is 10.3 Å². The minimum atomic E-state index is -5.13. The van der Waals surface area contributed by atoms with Gasteiger partial charge in [0.05, 0.1) is 0 Å². The summed E-state index contributed by atoms with van der Waals surface area (Å²) < 4.78 is 40.0. The number of carbonyl (C=O) groups excluding carboxylic acids is 2. The van der Waals surface area contributed by atoms with Gasteiger partial charge in [-0.2, -0.15) is 23.3 Å². The number of alkyl halides is 3. The number of amides is 2. The fraction of sp³-hybridized carbons (Fsp3) is 0.500. The summed E-state index contributed by atoms with van der Waals surface area (Å²) in [5, 5.41) is 15.8. The molecule has 0 spiro atoms. The van der Waals surface area contributed by atoms with Crippen LogP contribution in [-0.4, -0.2) is 46.1 Å². The fourth-order valence-corrected chi connectivity index (χ4v) is 2.71. The number of benzene rings is 1. The Morgan fingerprint density at radius 2 is 1.93 bits per heavy atom. The van der Waals surface area contributed by atoms with Crippen LogP contribution >= 0.6 is 0 Å². The number of nitrogens with zero attached hydrogens (tertiary/aromatic N) is 2. The van der Waals surface area contributed by atoms with Gasteiger partial charge in [-0.3, -0.25) is 9.59 Å². The highest BCUT2D eigenvalue weighted by Crippen LogP contribution is 2.40. The summed E-state index contributed by atoms with van der Waals surface area (Å²) in [4.78, 5) is 24.2. The summed E-state index contributed by atoms with van der Waals surface area (Å²) in [6.07, 6.45) is -4.07. The van der Waals surface area contributed by atoms with Gasteiger partial charge in [0.1, 0.15) is 0 Å². The summed E-state index contributed by atoms with van der Waals surface area (Å²) in [6, 6.07) is 9.08. The molecule has 1 aliphatic rings. The molecular formula is C18H22F3N3O3. The fourth-order valence-electron chi connectivity index (χ4n) is 2.71. The molecule has 1 aromatic carbocycles. The van der Waals surface area contributed by atoms with E-state index in [1.54, 1.807) is 0 Å². The predicted molar refractivity (Wildman–Crippen MR) is 92.6 cm³/mol. The Balaban J connectivity index is 2.05. The molecule has 148 valence electrons. The molecule has 0 saturated carbocycles. The molecule has 0 bridgehead atoms. The normalized spacial score (nSPS) is 19.7. The standard InChI is InChI=1S/C18H22F3N3O3/c1-2-3-9-14-12-17(27,18(19,20)21)24(23-14)16(26)15(25)22-11-10-13-7-5-4-6-8-13/h4-8,27H,2-3,9-12H2,1H3,(H,22,25). The van der Waals surface area contributed by atoms with Crippen LogP contribution in [-0.2, 0) is 16.0 Å². The van der Waals surface area contributed by atoms with Crippen LogP contribution in [0.15, 0.2) is 35.4 Å². The van der Waals surface area contributed by atoms with Crippen LogP contribution in [0.2, 0.25) is 0 Å². The second-order valence-corrected chi connectivity index (χ2v) is 6.37. The quantitative estimate of drug-likeness (QED) is 0.738. The summed E-state index contributed by atoms with van der Waals surface area (Å²) in [6.45, 7) is 1.92. The monoisotopic (exact) mass is 385 g/mol. The Morgan fingerprint density at radius 1 is 1.26 bits per heavy atom. The number of aliphatic hydroxyl groups is 1. The Morgan fingerprint density at radius 3 is 2.52 bits per heavy atom. The van der Waals surface area contributed by atoms with E-state index >= 15 is 0 Å². The molecule has 0 fully saturated rings. The third-order valence-electron chi connectivity index (χ3n) is 4.24. The first-order valence-corrected chi connectivity index (χ1v) is 8.71. The molecule has 0 aromatic heterocycles. The molecular weight excluding hydrogens is 363 g/mol. The van der Waals surface area contributed by atoms with Gasteiger partial charge in [-0.05, 0) is 24.8 Å². The predicted octanol–water partition coefficient (Wildman–Crippen LogP) is 2.37. The molecule has 2 N–H and O–H groups in total. The lowest BCUT2D eigenvalue weighted by Gasteiger charge is -2.32. The van der Waals surface area contributed by atoms with Crippen LogP contribution in [0.4, 0.5) is 13.2 Å². The summed E-state index contributed by atoms with van der Waals surface area (Å²) in [5.74, 6) is -2.77. The number of unbranched alkanes of at least 4 members (excludes halogenated alkanes) is 1. The van der Waals surface area contributed by atoms with Gasteiger partial charge in [0.15, 0.2) is 0 Å². The first kappa shape index (κ1) is 20.9. The maximum atomic E-state index is 13.3. The van der Waals surface area contributed by atoms with E-state index in [1.807, 2.05) is 37.3 Å². The van der Waals surface area contributed by atoms with Crippen LogP contribution in [0.1, 0.15) is 38.2 Å². The van der Waals surface area contributed by atoms with Crippen molar-refractivity contribution in [3.63, 3.8) is 0 Å². The van der Waals surface area contributed by atoms with Gasteiger partial charge >= 0.3 is 18.0 Å². The van der Waals surface area contributed by atoms with Crippen molar-refractivity contribution in [2.45, 2.75) is 50.9 Å². The van der Waals surface area contributed by atoms with Crippen LogP contribution in [0.3, 0.4) is 0 Å². The van der Waals surface area contributed by atoms with Crippen LogP contribution in [0, 0.1) is 0 Å². The molecule has 0 saturated heterocycles. The van der Waals surface area contributed by atoms with Crippen molar-refractivity contribution in [3.05, 3.63) is 35.9 Å². The first-order chi connectivity index (χ1) is 12.7. The van der Waals surface area contributed by atoms with Gasteiger partial charge < -0.3 is 10.4 Å². The molecule has 0 radical (unpaired) electrons. The first-order valence-electron chi connectivity index (χ1n) is 8.71. The lowest BCUT2D eigenvalue weighted by atomic mass is 10.0. The topological polar surface area (TPSA) is 82.0 Å². The number of hydrazone groups is 1. The zero-order valence-electron chi connectivity index (χ0n) is 14.9. The molecule has 1 heterocycles. The Kier molecular flexibility index (Phi) is 6.59. The number of rotatable bonds is 6. The molecule has 27 heavy (non-hydrogen) atoms. The highest BCUT2D eigenvalue weighted by atomic mass is 19.4. The van der Waals surface area contributed by atoms with E-state index in [-0.39, 0.29) is 23.7 Å². The van der Waals surface area contributed by atoms with Crippen molar-refractivity contribution >= 4 is 17.5 Å². The summed E-state index contributed by atoms with van der Waals surface area (Å²) in [7, 11) is 0. The Hall–Kier alpha value is -2.42. The molecule has 2 rings (SSSR count). The highest BCUT2D eigenvalue weighted by molar-refractivity contribution is 6.35. The molecule has 9 heteroatoms. The highest BCUT2D eigenvalue weighted by Gasteiger charge is 2.63. The SMILES string of the molecule is CCCCC1=NN(C(=O)C(=O)NCCc2ccccc2)C(O)(C(F)(F)F)C1. The van der Waals surface area contributed by atoms with Crippen molar-refractivity contribution in [2.75, 3.05) is 6.54 Å². The lowest BCUT2D eigenvalue weighted by Crippen LogP contribution is -2.59. The van der Waals surface area contributed by atoms with Gasteiger partial charge in [-0.15, -0.1) is 0 Å². The maximum Gasteiger partial charge on any atom is 0.438 e. The number of carbonyl (C=O) groups is 2. The minimum Gasteiger partial charge on any atom is -0.362 e. The minimum absolute atomic E-state index is 0.0436. The summed E-state index contributed by atoms with van der Waals surface area (Å²) >= 11 is 0. The van der Waals surface area contributed by atoms with Crippen LogP contribution < -0.4 is 5.32 Å². The number of nitrogens with one attached hydrogen (secondary N) is 1. The zero-order valence-corrected chi connectivity index (χ0v) is 14.9. The van der Waals surface area contributed by atoms with Crippen molar-refractivity contribution in [1.29, 1.82) is 0 Å². The van der Waals surface area contributed by atoms with Crippen molar-refractivity contribution < 1.29 is 27.9 Å². The second-order valence-electron chi connectivity index (χ2n) is 6.37. The molecule has 1 aromatic rings. The average Bonchev–Trinajstić information content (AvgIpc) is 2.98. The molecule has 0 aliphatic carbocycles. The second kappa shape index (κ2) is 8.51. The Labute approximate surface area is 155 Å². The van der Waals surface area contributed by atoms with Gasteiger partial charge in [0, 0.05) is 18.7 Å². The van der Waals surface area contributed by atoms with E-state index in [0.29, 0.717) is 12.8 Å². The number of halogens is 3. The zero-order chi connectivity index (χ0) is 20.1. The average molecular weight is 385 g/mol. The van der Waals surface area contributed by atoms with Crippen LogP contribution in [0.25, 0.3) is 0 Å². The lowest BCUT2D eigenvalue weighted by molar-refractivity contribution is -0.301. The van der Waals surface area contributed by atoms with Crippen molar-refractivity contribution in [2.24, 2.45) is 5.10 Å². The summed E-state index contributed by atoms with van der Waals surface area (Å²) in [5.41, 5.74) is -2.55. The Bertz CT molecular complexity index is 707. The van der Waals surface area contributed by atoms with Gasteiger partial charge in [-0.25, -0.2) is 0 Å². The van der Waals surface area contributed by atoms with Gasteiger partial charge in [0.2, 0.25) is 0 Å². The third-order valence-corrected chi connectivity index (χ3v) is 4.24. The van der Waals surface area contributed by atoms with Crippen LogP contribution in [0.5, 0.6) is 0 Å². The van der Waals surface area contributed by atoms with E-state index in [4.69, 9.17) is 0 Å². The van der Waals surface area contributed by atoms with Crippen molar-refractivity contribution in [3.8, 4) is 0 Å². The molecule has 2 amide bonds. The molecule has 1 atom stereocenters. The van der Waals surface area contributed by atoms with E-state index in [2.05, 4.69) is 10.4 Å². The van der Waals surface area contributed by atoms with E-state index in [1.165, 1.54) is 0 Å². The van der Waals surface area contributed by atoms with E-state index < -0.39 is 30.1 Å².